The molecule has 0 heterocycles. The van der Waals surface area contributed by atoms with E-state index in [4.69, 9.17) is 0 Å². The Balaban J connectivity index is 2.48. The fourth-order valence-electron chi connectivity index (χ4n) is 2.49. The van der Waals surface area contributed by atoms with E-state index in [0.29, 0.717) is 5.78 Å². The van der Waals surface area contributed by atoms with Crippen molar-refractivity contribution < 1.29 is 4.79 Å². The van der Waals surface area contributed by atoms with Crippen molar-refractivity contribution in [1.82, 2.24) is 0 Å². The average Bonchev–Trinajstić information content (AvgIpc) is 2.19. The Labute approximate surface area is 73.8 Å². The zero-order chi connectivity index (χ0) is 8.98. The molecule has 2 bridgehead atoms. The van der Waals surface area contributed by atoms with Crippen molar-refractivity contribution in [3.8, 4) is 0 Å². The van der Waals surface area contributed by atoms with Gasteiger partial charge in [0.15, 0.2) is 0 Å². The zero-order valence-corrected chi connectivity index (χ0v) is 8.05. The molecule has 0 aromatic rings. The third kappa shape index (κ3) is 0.825. The normalized spacial score (nSPS) is 43.6. The van der Waals surface area contributed by atoms with E-state index < -0.39 is 0 Å². The van der Waals surface area contributed by atoms with Crippen LogP contribution in [-0.2, 0) is 4.79 Å². The van der Waals surface area contributed by atoms with E-state index in [1.165, 1.54) is 0 Å². The second-order valence-corrected chi connectivity index (χ2v) is 5.03. The van der Waals surface area contributed by atoms with Crippen molar-refractivity contribution in [2.75, 3.05) is 0 Å². The number of carbonyl (C=O) groups is 1. The summed E-state index contributed by atoms with van der Waals surface area (Å²) in [7, 11) is 0. The van der Waals surface area contributed by atoms with Gasteiger partial charge in [-0.2, -0.15) is 0 Å². The topological polar surface area (TPSA) is 17.1 Å². The van der Waals surface area contributed by atoms with Crippen LogP contribution in [-0.4, -0.2) is 5.78 Å². The summed E-state index contributed by atoms with van der Waals surface area (Å²) in [4.78, 5) is 11.9. The molecule has 1 saturated carbocycles. The molecule has 0 N–H and O–H groups in total. The van der Waals surface area contributed by atoms with Gasteiger partial charge in [-0.15, -0.1) is 0 Å². The van der Waals surface area contributed by atoms with Crippen molar-refractivity contribution in [2.24, 2.45) is 16.7 Å². The standard InChI is InChI=1S/C11H16O/c1-10(2)6-7-11(3)5-4-8(10)9(11)12/h6-8H,4-5H2,1-3H3/t8-,11-/m1/s1. The third-order valence-electron chi connectivity index (χ3n) is 3.61. The van der Waals surface area contributed by atoms with Gasteiger partial charge < -0.3 is 0 Å². The first-order chi connectivity index (χ1) is 5.46. The largest absolute Gasteiger partial charge is 0.298 e. The molecule has 66 valence electrons. The number of Topliss-reactive ketones (excluding diaryl/α,β-unsaturated/α-hetero) is 1. The van der Waals surface area contributed by atoms with Gasteiger partial charge in [-0.05, 0) is 25.2 Å². The number of carbonyl (C=O) groups excluding carboxylic acids is 1. The molecule has 1 nitrogen and oxygen atoms in total. The molecule has 0 aliphatic heterocycles. The highest BCUT2D eigenvalue weighted by atomic mass is 16.1. The van der Waals surface area contributed by atoms with Gasteiger partial charge in [-0.1, -0.05) is 26.0 Å². The van der Waals surface area contributed by atoms with E-state index in [1.54, 1.807) is 0 Å². The molecule has 0 unspecified atom stereocenters. The molecule has 1 fully saturated rings. The first-order valence-corrected chi connectivity index (χ1v) is 4.70. The summed E-state index contributed by atoms with van der Waals surface area (Å²) in [6, 6.07) is 0. The Morgan fingerprint density at radius 1 is 1.33 bits per heavy atom. The zero-order valence-electron chi connectivity index (χ0n) is 8.05. The van der Waals surface area contributed by atoms with E-state index in [1.807, 2.05) is 0 Å². The van der Waals surface area contributed by atoms with Gasteiger partial charge in [-0.3, -0.25) is 4.79 Å². The summed E-state index contributed by atoms with van der Waals surface area (Å²) in [5.74, 6) is 0.752. The summed E-state index contributed by atoms with van der Waals surface area (Å²) < 4.78 is 0. The van der Waals surface area contributed by atoms with Gasteiger partial charge >= 0.3 is 0 Å². The van der Waals surface area contributed by atoms with Crippen LogP contribution in [0.4, 0.5) is 0 Å². The molecule has 1 heteroatoms. The van der Waals surface area contributed by atoms with Crippen molar-refractivity contribution in [1.29, 1.82) is 0 Å². The Bertz CT molecular complexity index is 262. The van der Waals surface area contributed by atoms with Crippen LogP contribution in [0.3, 0.4) is 0 Å². The van der Waals surface area contributed by atoms with Crippen LogP contribution in [0.15, 0.2) is 12.2 Å². The molecule has 2 atom stereocenters. The van der Waals surface area contributed by atoms with E-state index >= 15 is 0 Å². The van der Waals surface area contributed by atoms with Gasteiger partial charge in [0.25, 0.3) is 0 Å². The van der Waals surface area contributed by atoms with Crippen LogP contribution >= 0.6 is 0 Å². The highest BCUT2D eigenvalue weighted by molar-refractivity contribution is 5.92. The van der Waals surface area contributed by atoms with Gasteiger partial charge in [-0.25, -0.2) is 0 Å². The third-order valence-corrected chi connectivity index (χ3v) is 3.61. The maximum absolute atomic E-state index is 11.9. The van der Waals surface area contributed by atoms with Gasteiger partial charge in [0, 0.05) is 11.3 Å². The van der Waals surface area contributed by atoms with E-state index in [0.717, 1.165) is 12.8 Å². The van der Waals surface area contributed by atoms with E-state index in [9.17, 15) is 4.79 Å². The maximum Gasteiger partial charge on any atom is 0.146 e. The van der Waals surface area contributed by atoms with Crippen LogP contribution in [0.2, 0.25) is 0 Å². The molecule has 2 rings (SSSR count). The Kier molecular flexibility index (Phi) is 1.35. The van der Waals surface area contributed by atoms with Gasteiger partial charge in [0.2, 0.25) is 0 Å². The lowest BCUT2D eigenvalue weighted by atomic mass is 9.69. The maximum atomic E-state index is 11.9. The van der Waals surface area contributed by atoms with Crippen molar-refractivity contribution >= 4 is 5.78 Å². The summed E-state index contributed by atoms with van der Waals surface area (Å²) in [5, 5.41) is 0. The molecule has 0 amide bonds. The second-order valence-electron chi connectivity index (χ2n) is 5.03. The Morgan fingerprint density at radius 2 is 2.00 bits per heavy atom. The highest BCUT2D eigenvalue weighted by Crippen LogP contribution is 2.51. The van der Waals surface area contributed by atoms with Crippen LogP contribution in [0.25, 0.3) is 0 Å². The molecular formula is C11H16O. The molecule has 0 aromatic carbocycles. The molecule has 12 heavy (non-hydrogen) atoms. The average molecular weight is 164 g/mol. The minimum Gasteiger partial charge on any atom is -0.298 e. The van der Waals surface area contributed by atoms with Gasteiger partial charge in [0.05, 0.1) is 0 Å². The fraction of sp³-hybridized carbons (Fsp3) is 0.727. The van der Waals surface area contributed by atoms with E-state index in [2.05, 4.69) is 32.9 Å². The van der Waals surface area contributed by atoms with Crippen molar-refractivity contribution in [3.63, 3.8) is 0 Å². The number of hydrogen-bond acceptors (Lipinski definition) is 1. The predicted octanol–water partition coefficient (Wildman–Crippen LogP) is 2.57. The summed E-state index contributed by atoms with van der Waals surface area (Å²) >= 11 is 0. The first kappa shape index (κ1) is 8.03. The molecule has 2 aliphatic carbocycles. The predicted molar refractivity (Wildman–Crippen MR) is 48.8 cm³/mol. The number of fused-ring (bicyclic) bond motifs is 2. The second kappa shape index (κ2) is 2.01. The Hall–Kier alpha value is -0.590. The van der Waals surface area contributed by atoms with Crippen LogP contribution in [0.1, 0.15) is 33.6 Å². The lowest BCUT2D eigenvalue weighted by Gasteiger charge is -2.33. The SMILES string of the molecule is CC1(C)C=C[C@@]2(C)CC[C@@H]1C2=O. The summed E-state index contributed by atoms with van der Waals surface area (Å²) in [6.07, 6.45) is 6.48. The Morgan fingerprint density at radius 3 is 2.58 bits per heavy atom. The number of hydrogen-bond donors (Lipinski definition) is 0. The number of rotatable bonds is 0. The smallest absolute Gasteiger partial charge is 0.146 e. The van der Waals surface area contributed by atoms with Crippen molar-refractivity contribution in [3.05, 3.63) is 12.2 Å². The summed E-state index contributed by atoms with van der Waals surface area (Å²) in [5.41, 5.74) is -0.00667. The lowest BCUT2D eigenvalue weighted by molar-refractivity contribution is -0.129. The monoisotopic (exact) mass is 164 g/mol. The molecule has 0 radical (unpaired) electrons. The fourth-order valence-corrected chi connectivity index (χ4v) is 2.49. The highest BCUT2D eigenvalue weighted by Gasteiger charge is 2.50. The molecule has 2 aliphatic rings. The number of allylic oxidation sites excluding steroid dienone is 2. The minimum absolute atomic E-state index is 0.104. The minimum atomic E-state index is -0.111. The van der Waals surface area contributed by atoms with E-state index in [-0.39, 0.29) is 16.7 Å². The lowest BCUT2D eigenvalue weighted by Crippen LogP contribution is -2.35. The van der Waals surface area contributed by atoms with Gasteiger partial charge in [0.1, 0.15) is 5.78 Å². The van der Waals surface area contributed by atoms with Crippen LogP contribution in [0, 0.1) is 16.7 Å². The van der Waals surface area contributed by atoms with Crippen molar-refractivity contribution in [2.45, 2.75) is 33.6 Å². The molecule has 0 spiro atoms. The molecule has 0 aromatic heterocycles. The number of ketones is 1. The quantitative estimate of drug-likeness (QED) is 0.503. The molecule has 0 saturated heterocycles. The summed E-state index contributed by atoms with van der Waals surface area (Å²) in [6.45, 7) is 6.40. The van der Waals surface area contributed by atoms with Crippen LogP contribution < -0.4 is 0 Å². The molecular weight excluding hydrogens is 148 g/mol. The van der Waals surface area contributed by atoms with Crippen LogP contribution in [0.5, 0.6) is 0 Å². The first-order valence-electron chi connectivity index (χ1n) is 4.70.